The van der Waals surface area contributed by atoms with E-state index in [2.05, 4.69) is 4.98 Å². The maximum absolute atomic E-state index is 11.3. The van der Waals surface area contributed by atoms with Crippen LogP contribution >= 0.6 is 10.7 Å². The summed E-state index contributed by atoms with van der Waals surface area (Å²) in [5.74, 6) is 0. The molecule has 0 aliphatic rings. The second kappa shape index (κ2) is 4.27. The van der Waals surface area contributed by atoms with E-state index in [-0.39, 0.29) is 4.90 Å². The second-order valence-corrected chi connectivity index (χ2v) is 5.81. The highest BCUT2D eigenvalue weighted by molar-refractivity contribution is 8.13. The van der Waals surface area contributed by atoms with Gasteiger partial charge < -0.3 is 4.57 Å². The van der Waals surface area contributed by atoms with E-state index in [1.807, 2.05) is 0 Å². The van der Waals surface area contributed by atoms with Crippen LogP contribution in [-0.4, -0.2) is 18.0 Å². The molecule has 0 aliphatic heterocycles. The zero-order chi connectivity index (χ0) is 11.6. The van der Waals surface area contributed by atoms with Gasteiger partial charge in [-0.3, -0.25) is 0 Å². The Morgan fingerprint density at radius 1 is 1.31 bits per heavy atom. The SMILES string of the molecule is O=S(=O)(Cl)c1ccccc1Cn1ccnc1. The molecule has 0 unspecified atom stereocenters. The fourth-order valence-electron chi connectivity index (χ4n) is 1.45. The molecule has 16 heavy (non-hydrogen) atoms. The van der Waals surface area contributed by atoms with Crippen LogP contribution in [0.3, 0.4) is 0 Å². The molecular formula is C10H9ClN2O2S. The summed E-state index contributed by atoms with van der Waals surface area (Å²) < 4.78 is 24.4. The van der Waals surface area contributed by atoms with Crippen LogP contribution in [0.1, 0.15) is 5.56 Å². The molecule has 0 bridgehead atoms. The third kappa shape index (κ3) is 2.43. The summed E-state index contributed by atoms with van der Waals surface area (Å²) in [5, 5.41) is 0. The minimum atomic E-state index is -3.70. The van der Waals surface area contributed by atoms with Gasteiger partial charge >= 0.3 is 0 Å². The summed E-state index contributed by atoms with van der Waals surface area (Å²) >= 11 is 0. The fraction of sp³-hybridized carbons (Fsp3) is 0.100. The molecule has 0 aliphatic carbocycles. The predicted octanol–water partition coefficient (Wildman–Crippen LogP) is 1.86. The Hall–Kier alpha value is -1.33. The molecule has 0 radical (unpaired) electrons. The number of rotatable bonds is 3. The van der Waals surface area contributed by atoms with E-state index < -0.39 is 9.05 Å². The van der Waals surface area contributed by atoms with Crippen LogP contribution < -0.4 is 0 Å². The third-order valence-corrected chi connectivity index (χ3v) is 3.57. The first-order valence-electron chi connectivity index (χ1n) is 4.56. The van der Waals surface area contributed by atoms with E-state index in [1.54, 1.807) is 41.5 Å². The monoisotopic (exact) mass is 256 g/mol. The summed E-state index contributed by atoms with van der Waals surface area (Å²) in [6.45, 7) is 0.433. The Bertz CT molecular complexity index is 579. The molecule has 0 fully saturated rings. The average molecular weight is 257 g/mol. The normalized spacial score (nSPS) is 11.6. The number of benzene rings is 1. The van der Waals surface area contributed by atoms with Gasteiger partial charge in [-0.05, 0) is 11.6 Å². The Morgan fingerprint density at radius 3 is 2.69 bits per heavy atom. The van der Waals surface area contributed by atoms with Crippen molar-refractivity contribution in [3.63, 3.8) is 0 Å². The number of halogens is 1. The lowest BCUT2D eigenvalue weighted by Crippen LogP contribution is -2.02. The van der Waals surface area contributed by atoms with Crippen LogP contribution in [0.5, 0.6) is 0 Å². The first-order valence-corrected chi connectivity index (χ1v) is 6.86. The zero-order valence-corrected chi connectivity index (χ0v) is 9.82. The number of nitrogens with zero attached hydrogens (tertiary/aromatic N) is 2. The predicted molar refractivity (Wildman–Crippen MR) is 60.8 cm³/mol. The van der Waals surface area contributed by atoms with Crippen molar-refractivity contribution in [2.45, 2.75) is 11.4 Å². The molecular weight excluding hydrogens is 248 g/mol. The smallest absolute Gasteiger partial charge is 0.261 e. The van der Waals surface area contributed by atoms with Crippen molar-refractivity contribution in [1.82, 2.24) is 9.55 Å². The summed E-state index contributed by atoms with van der Waals surface area (Å²) in [6, 6.07) is 6.65. The molecule has 0 atom stereocenters. The quantitative estimate of drug-likeness (QED) is 0.788. The highest BCUT2D eigenvalue weighted by Crippen LogP contribution is 2.20. The number of hydrogen-bond acceptors (Lipinski definition) is 3. The lowest BCUT2D eigenvalue weighted by molar-refractivity contribution is 0.607. The fourth-order valence-corrected chi connectivity index (χ4v) is 2.59. The largest absolute Gasteiger partial charge is 0.333 e. The molecule has 0 saturated carbocycles. The van der Waals surface area contributed by atoms with Gasteiger partial charge in [0.1, 0.15) is 0 Å². The van der Waals surface area contributed by atoms with Crippen LogP contribution in [0, 0.1) is 0 Å². The number of aromatic nitrogens is 2. The maximum atomic E-state index is 11.3. The van der Waals surface area contributed by atoms with Gasteiger partial charge in [-0.15, -0.1) is 0 Å². The summed E-state index contributed by atoms with van der Waals surface area (Å²) in [4.78, 5) is 4.03. The van der Waals surface area contributed by atoms with Gasteiger partial charge in [-0.1, -0.05) is 18.2 Å². The second-order valence-electron chi connectivity index (χ2n) is 3.28. The van der Waals surface area contributed by atoms with E-state index in [0.29, 0.717) is 12.1 Å². The van der Waals surface area contributed by atoms with E-state index in [9.17, 15) is 8.42 Å². The lowest BCUT2D eigenvalue weighted by Gasteiger charge is -2.06. The molecule has 0 saturated heterocycles. The van der Waals surface area contributed by atoms with E-state index >= 15 is 0 Å². The molecule has 84 valence electrons. The van der Waals surface area contributed by atoms with Gasteiger partial charge in [0.2, 0.25) is 0 Å². The standard InChI is InChI=1S/C10H9ClN2O2S/c11-16(14,15)10-4-2-1-3-9(10)7-13-6-5-12-8-13/h1-6,8H,7H2. The maximum Gasteiger partial charge on any atom is 0.261 e. The van der Waals surface area contributed by atoms with Gasteiger partial charge in [0.15, 0.2) is 0 Å². The van der Waals surface area contributed by atoms with Gasteiger partial charge in [-0.25, -0.2) is 13.4 Å². The first kappa shape index (κ1) is 11.2. The van der Waals surface area contributed by atoms with Crippen molar-refractivity contribution in [1.29, 1.82) is 0 Å². The van der Waals surface area contributed by atoms with Crippen molar-refractivity contribution < 1.29 is 8.42 Å². The molecule has 1 aromatic carbocycles. The molecule has 2 rings (SSSR count). The Kier molecular flexibility index (Phi) is 2.98. The summed E-state index contributed by atoms with van der Waals surface area (Å²) in [5.41, 5.74) is 0.649. The van der Waals surface area contributed by atoms with Crippen LogP contribution in [-0.2, 0) is 15.6 Å². The van der Waals surface area contributed by atoms with Crippen molar-refractivity contribution in [3.05, 3.63) is 48.5 Å². The van der Waals surface area contributed by atoms with Crippen molar-refractivity contribution in [3.8, 4) is 0 Å². The Balaban J connectivity index is 2.42. The zero-order valence-electron chi connectivity index (χ0n) is 8.25. The minimum absolute atomic E-state index is 0.144. The highest BCUT2D eigenvalue weighted by Gasteiger charge is 2.14. The van der Waals surface area contributed by atoms with E-state index in [4.69, 9.17) is 10.7 Å². The Morgan fingerprint density at radius 2 is 2.06 bits per heavy atom. The van der Waals surface area contributed by atoms with Crippen molar-refractivity contribution in [2.24, 2.45) is 0 Å². The lowest BCUT2D eigenvalue weighted by atomic mass is 10.2. The number of imidazole rings is 1. The molecule has 2 aromatic rings. The van der Waals surface area contributed by atoms with Crippen LogP contribution in [0.4, 0.5) is 0 Å². The highest BCUT2D eigenvalue weighted by atomic mass is 35.7. The average Bonchev–Trinajstić information content (AvgIpc) is 2.70. The molecule has 6 heteroatoms. The summed E-state index contributed by atoms with van der Waals surface area (Å²) in [6.07, 6.45) is 5.02. The molecule has 0 N–H and O–H groups in total. The molecule has 4 nitrogen and oxygen atoms in total. The number of hydrogen-bond donors (Lipinski definition) is 0. The van der Waals surface area contributed by atoms with Crippen molar-refractivity contribution >= 4 is 19.7 Å². The summed E-state index contributed by atoms with van der Waals surface area (Å²) in [7, 11) is 1.65. The topological polar surface area (TPSA) is 52.0 Å². The van der Waals surface area contributed by atoms with Crippen molar-refractivity contribution in [2.75, 3.05) is 0 Å². The van der Waals surface area contributed by atoms with Crippen LogP contribution in [0.2, 0.25) is 0 Å². The molecule has 0 spiro atoms. The molecule has 0 amide bonds. The van der Waals surface area contributed by atoms with Crippen LogP contribution in [0.15, 0.2) is 47.9 Å². The molecule has 1 aromatic heterocycles. The van der Waals surface area contributed by atoms with Crippen LogP contribution in [0.25, 0.3) is 0 Å². The van der Waals surface area contributed by atoms with Gasteiger partial charge in [0, 0.05) is 29.6 Å². The first-order chi connectivity index (χ1) is 7.57. The van der Waals surface area contributed by atoms with Gasteiger partial charge in [0.05, 0.1) is 11.2 Å². The van der Waals surface area contributed by atoms with E-state index in [1.165, 1.54) is 6.07 Å². The Labute approximate surface area is 97.9 Å². The van der Waals surface area contributed by atoms with Gasteiger partial charge in [-0.2, -0.15) is 0 Å². The minimum Gasteiger partial charge on any atom is -0.333 e. The third-order valence-electron chi connectivity index (χ3n) is 2.15. The van der Waals surface area contributed by atoms with Gasteiger partial charge in [0.25, 0.3) is 9.05 Å². The van der Waals surface area contributed by atoms with E-state index in [0.717, 1.165) is 0 Å². The molecule has 1 heterocycles.